The van der Waals surface area contributed by atoms with Crippen LogP contribution in [0.1, 0.15) is 13.8 Å². The highest BCUT2D eigenvalue weighted by Crippen LogP contribution is 1.92. The molecule has 0 aliphatic heterocycles. The van der Waals surface area contributed by atoms with E-state index in [-0.39, 0.29) is 12.1 Å². The molecule has 0 saturated carbocycles. The number of hydrogen-bond acceptors (Lipinski definition) is 3. The lowest BCUT2D eigenvalue weighted by molar-refractivity contribution is -0.109. The third-order valence-corrected chi connectivity index (χ3v) is 1.23. The molecule has 3 N–H and O–H groups in total. The van der Waals surface area contributed by atoms with E-state index in [2.05, 4.69) is 17.6 Å². The zero-order chi connectivity index (χ0) is 8.85. The third-order valence-electron chi connectivity index (χ3n) is 1.23. The molecule has 0 aromatic heterocycles. The minimum atomic E-state index is -0.231. The van der Waals surface area contributed by atoms with Crippen molar-refractivity contribution < 1.29 is 4.79 Å². The summed E-state index contributed by atoms with van der Waals surface area (Å²) < 4.78 is 0. The Morgan fingerprint density at radius 3 is 2.55 bits per heavy atom. The topological polar surface area (TPSA) is 55.1 Å². The van der Waals surface area contributed by atoms with Crippen LogP contribution in [-0.4, -0.2) is 18.4 Å². The third kappa shape index (κ3) is 3.61. The van der Waals surface area contributed by atoms with Crippen molar-refractivity contribution in [2.45, 2.75) is 25.9 Å². The normalized spacial score (nSPS) is 14.5. The molecule has 0 aromatic carbocycles. The van der Waals surface area contributed by atoms with Crippen molar-refractivity contribution in [1.29, 1.82) is 0 Å². The molecule has 0 aliphatic carbocycles. The van der Waals surface area contributed by atoms with Gasteiger partial charge < -0.3 is 15.8 Å². The molecule has 0 amide bonds. The molecule has 0 saturated heterocycles. The van der Waals surface area contributed by atoms with E-state index < -0.39 is 0 Å². The summed E-state index contributed by atoms with van der Waals surface area (Å²) in [6.07, 6.45) is 0.805. The zero-order valence-electron chi connectivity index (χ0n) is 6.92. The maximum Gasteiger partial charge on any atom is 0.141 e. The fourth-order valence-corrected chi connectivity index (χ4v) is 0.623. The fourth-order valence-electron chi connectivity index (χ4n) is 0.623. The first-order chi connectivity index (χ1) is 5.11. The highest BCUT2D eigenvalue weighted by atomic mass is 16.1. The average molecular weight is 154 g/mol. The summed E-state index contributed by atoms with van der Waals surface area (Å²) in [7, 11) is 0. The van der Waals surface area contributed by atoms with E-state index >= 15 is 0 Å². The Kier molecular flexibility index (Phi) is 4.27. The van der Waals surface area contributed by atoms with Gasteiger partial charge in [0.1, 0.15) is 6.29 Å². The molecule has 0 radical (unpaired) electrons. The van der Waals surface area contributed by atoms with E-state index in [1.165, 1.54) is 0 Å². The molecular weight excluding hydrogens is 140 g/mol. The first-order valence-electron chi connectivity index (χ1n) is 3.49. The quantitative estimate of drug-likeness (QED) is 0.448. The van der Waals surface area contributed by atoms with Gasteiger partial charge in [-0.2, -0.15) is 0 Å². The standard InChI is InChI=1S/C8H14N2O/c1-4-8(7(3)9)10-6(2)5-11/h5-7,10H,1,9H2,2-3H3/t6-,7-/m0/s1. The minimum absolute atomic E-state index is 0.158. The number of rotatable bonds is 4. The van der Waals surface area contributed by atoms with Gasteiger partial charge in [-0.1, -0.05) is 6.58 Å². The monoisotopic (exact) mass is 154 g/mol. The van der Waals surface area contributed by atoms with Crippen LogP contribution in [0.5, 0.6) is 0 Å². The van der Waals surface area contributed by atoms with Crippen molar-refractivity contribution in [1.82, 2.24) is 5.32 Å². The van der Waals surface area contributed by atoms with Gasteiger partial charge in [0.2, 0.25) is 0 Å². The Labute approximate surface area is 67.0 Å². The molecule has 3 heteroatoms. The summed E-state index contributed by atoms with van der Waals surface area (Å²) in [6.45, 7) is 7.00. The van der Waals surface area contributed by atoms with E-state index in [4.69, 9.17) is 5.73 Å². The number of hydrogen-bond donors (Lipinski definition) is 2. The van der Waals surface area contributed by atoms with Crippen LogP contribution < -0.4 is 11.1 Å². The molecule has 0 fully saturated rings. The summed E-state index contributed by atoms with van der Waals surface area (Å²) in [5.74, 6) is 0. The van der Waals surface area contributed by atoms with E-state index in [9.17, 15) is 4.79 Å². The smallest absolute Gasteiger partial charge is 0.141 e. The van der Waals surface area contributed by atoms with Crippen LogP contribution in [0, 0.1) is 0 Å². The van der Waals surface area contributed by atoms with Crippen molar-refractivity contribution in [3.63, 3.8) is 0 Å². The average Bonchev–Trinajstić information content (AvgIpc) is 1.99. The van der Waals surface area contributed by atoms with E-state index in [1.807, 2.05) is 0 Å². The molecule has 0 bridgehead atoms. The number of nitrogens with two attached hydrogens (primary N) is 1. The van der Waals surface area contributed by atoms with Crippen LogP contribution >= 0.6 is 0 Å². The maximum atomic E-state index is 10.2. The molecule has 11 heavy (non-hydrogen) atoms. The molecule has 62 valence electrons. The lowest BCUT2D eigenvalue weighted by Crippen LogP contribution is -2.34. The van der Waals surface area contributed by atoms with Crippen molar-refractivity contribution in [2.75, 3.05) is 0 Å². The summed E-state index contributed by atoms with van der Waals surface area (Å²) in [5, 5.41) is 2.87. The van der Waals surface area contributed by atoms with Gasteiger partial charge in [0.25, 0.3) is 0 Å². The van der Waals surface area contributed by atoms with Crippen molar-refractivity contribution in [3.8, 4) is 0 Å². The predicted molar refractivity (Wildman–Crippen MR) is 45.0 cm³/mol. The first kappa shape index (κ1) is 9.95. The highest BCUT2D eigenvalue weighted by molar-refractivity contribution is 5.57. The second-order valence-corrected chi connectivity index (χ2v) is 2.45. The Hall–Kier alpha value is -1.05. The van der Waals surface area contributed by atoms with Crippen LogP contribution in [0.25, 0.3) is 0 Å². The van der Waals surface area contributed by atoms with Gasteiger partial charge in [0.15, 0.2) is 0 Å². The molecule has 0 heterocycles. The minimum Gasteiger partial charge on any atom is -0.372 e. The molecule has 0 rings (SSSR count). The van der Waals surface area contributed by atoms with Crippen LogP contribution in [0.15, 0.2) is 18.0 Å². The van der Waals surface area contributed by atoms with Gasteiger partial charge in [0.05, 0.1) is 11.7 Å². The lowest BCUT2D eigenvalue weighted by Gasteiger charge is -2.13. The summed E-state index contributed by atoms with van der Waals surface area (Å²) >= 11 is 0. The molecular formula is C8H14N2O. The van der Waals surface area contributed by atoms with E-state index in [1.54, 1.807) is 13.8 Å². The SMILES string of the molecule is C=C=C(N[C@@H](C)C=O)[C@H](C)N. The predicted octanol–water partition coefficient (Wildman–Crippen LogP) is 0.179. The Balaban J connectivity index is 4.11. The van der Waals surface area contributed by atoms with E-state index in [0.717, 1.165) is 6.29 Å². The molecule has 0 spiro atoms. The lowest BCUT2D eigenvalue weighted by atomic mass is 10.2. The van der Waals surface area contributed by atoms with Crippen LogP contribution in [0.3, 0.4) is 0 Å². The number of carbonyl (C=O) groups is 1. The van der Waals surface area contributed by atoms with Crippen molar-refractivity contribution in [3.05, 3.63) is 18.0 Å². The number of nitrogens with one attached hydrogen (secondary N) is 1. The van der Waals surface area contributed by atoms with E-state index in [0.29, 0.717) is 5.70 Å². The van der Waals surface area contributed by atoms with Crippen LogP contribution in [-0.2, 0) is 4.79 Å². The Morgan fingerprint density at radius 1 is 1.73 bits per heavy atom. The van der Waals surface area contributed by atoms with Gasteiger partial charge in [0, 0.05) is 6.04 Å². The summed E-state index contributed by atoms with van der Waals surface area (Å²) in [6, 6.07) is -0.389. The Morgan fingerprint density at radius 2 is 2.27 bits per heavy atom. The van der Waals surface area contributed by atoms with Crippen LogP contribution in [0.2, 0.25) is 0 Å². The van der Waals surface area contributed by atoms with Gasteiger partial charge in [-0.3, -0.25) is 0 Å². The fraction of sp³-hybridized carbons (Fsp3) is 0.500. The summed E-state index contributed by atoms with van der Waals surface area (Å²) in [5.41, 5.74) is 8.84. The second-order valence-electron chi connectivity index (χ2n) is 2.45. The number of aldehydes is 1. The van der Waals surface area contributed by atoms with Gasteiger partial charge in [-0.05, 0) is 13.8 Å². The second kappa shape index (κ2) is 4.72. The van der Waals surface area contributed by atoms with Gasteiger partial charge >= 0.3 is 0 Å². The number of carbonyl (C=O) groups excluding carboxylic acids is 1. The van der Waals surface area contributed by atoms with Crippen LogP contribution in [0.4, 0.5) is 0 Å². The molecule has 0 unspecified atom stereocenters. The summed E-state index contributed by atoms with van der Waals surface area (Å²) in [4.78, 5) is 10.2. The molecule has 2 atom stereocenters. The Bertz CT molecular complexity index is 181. The van der Waals surface area contributed by atoms with Gasteiger partial charge in [-0.25, -0.2) is 0 Å². The highest BCUT2D eigenvalue weighted by Gasteiger charge is 2.04. The largest absolute Gasteiger partial charge is 0.372 e. The maximum absolute atomic E-state index is 10.2. The molecule has 0 aliphatic rings. The first-order valence-corrected chi connectivity index (χ1v) is 3.49. The molecule has 3 nitrogen and oxygen atoms in total. The van der Waals surface area contributed by atoms with Crippen molar-refractivity contribution in [2.24, 2.45) is 5.73 Å². The molecule has 0 aromatic rings. The zero-order valence-corrected chi connectivity index (χ0v) is 6.92. The van der Waals surface area contributed by atoms with Gasteiger partial charge in [-0.15, -0.1) is 5.73 Å². The van der Waals surface area contributed by atoms with Crippen molar-refractivity contribution >= 4 is 6.29 Å².